The third-order valence-corrected chi connectivity index (χ3v) is 4.59. The fourth-order valence-corrected chi connectivity index (χ4v) is 3.23. The standard InChI is InChI=1S/C18H23NO5/c1-3-19(4-2)15-9-8-13(22-15)12-14-16(20)23-18(24-17(14)21)10-6-5-7-11-18/h8-9,12H,3-7,10-11H2,1-2H3. The Morgan fingerprint density at radius 3 is 2.25 bits per heavy atom. The molecular formula is C18H23NO5. The second-order valence-corrected chi connectivity index (χ2v) is 6.16. The van der Waals surface area contributed by atoms with Gasteiger partial charge in [-0.2, -0.15) is 0 Å². The van der Waals surface area contributed by atoms with E-state index in [1.54, 1.807) is 6.07 Å². The molecule has 0 radical (unpaired) electrons. The molecular weight excluding hydrogens is 310 g/mol. The molecule has 1 aliphatic carbocycles. The Labute approximate surface area is 141 Å². The lowest BCUT2D eigenvalue weighted by molar-refractivity contribution is -0.244. The molecule has 2 heterocycles. The summed E-state index contributed by atoms with van der Waals surface area (Å²) in [4.78, 5) is 26.6. The monoisotopic (exact) mass is 333 g/mol. The molecule has 24 heavy (non-hydrogen) atoms. The van der Waals surface area contributed by atoms with Crippen molar-refractivity contribution in [3.05, 3.63) is 23.5 Å². The highest BCUT2D eigenvalue weighted by Crippen LogP contribution is 2.37. The summed E-state index contributed by atoms with van der Waals surface area (Å²) >= 11 is 0. The van der Waals surface area contributed by atoms with E-state index in [0.29, 0.717) is 24.5 Å². The van der Waals surface area contributed by atoms with Crippen LogP contribution >= 0.6 is 0 Å². The highest BCUT2D eigenvalue weighted by Gasteiger charge is 2.46. The van der Waals surface area contributed by atoms with Crippen molar-refractivity contribution in [1.82, 2.24) is 0 Å². The molecule has 2 fully saturated rings. The van der Waals surface area contributed by atoms with Gasteiger partial charge in [0.15, 0.2) is 5.88 Å². The maximum atomic E-state index is 12.3. The van der Waals surface area contributed by atoms with Crippen LogP contribution in [0.1, 0.15) is 51.7 Å². The Hall–Kier alpha value is -2.24. The molecule has 6 nitrogen and oxygen atoms in total. The van der Waals surface area contributed by atoms with E-state index in [1.165, 1.54) is 6.08 Å². The molecule has 1 aromatic heterocycles. The van der Waals surface area contributed by atoms with Crippen LogP contribution in [0.2, 0.25) is 0 Å². The number of carbonyl (C=O) groups is 2. The van der Waals surface area contributed by atoms with Crippen molar-refractivity contribution in [2.75, 3.05) is 18.0 Å². The number of carbonyl (C=O) groups excluding carboxylic acids is 2. The van der Waals surface area contributed by atoms with E-state index in [1.807, 2.05) is 24.8 Å². The van der Waals surface area contributed by atoms with Gasteiger partial charge in [-0.05, 0) is 32.8 Å². The average Bonchev–Trinajstić information content (AvgIpc) is 3.01. The van der Waals surface area contributed by atoms with Crippen molar-refractivity contribution in [3.63, 3.8) is 0 Å². The van der Waals surface area contributed by atoms with Crippen molar-refractivity contribution in [3.8, 4) is 0 Å². The number of furan rings is 1. The van der Waals surface area contributed by atoms with Gasteiger partial charge in [0.05, 0.1) is 0 Å². The molecule has 1 aromatic rings. The Balaban J connectivity index is 1.78. The molecule has 1 saturated heterocycles. The first kappa shape index (κ1) is 16.6. The summed E-state index contributed by atoms with van der Waals surface area (Å²) in [6, 6.07) is 3.55. The van der Waals surface area contributed by atoms with Crippen LogP contribution < -0.4 is 4.90 Å². The van der Waals surface area contributed by atoms with Crippen LogP contribution in [0, 0.1) is 0 Å². The number of hydrogen-bond acceptors (Lipinski definition) is 6. The van der Waals surface area contributed by atoms with Crippen molar-refractivity contribution in [1.29, 1.82) is 0 Å². The van der Waals surface area contributed by atoms with Crippen molar-refractivity contribution >= 4 is 23.9 Å². The van der Waals surface area contributed by atoms with Gasteiger partial charge in [-0.1, -0.05) is 6.42 Å². The van der Waals surface area contributed by atoms with Crippen LogP contribution in [-0.4, -0.2) is 30.8 Å². The van der Waals surface area contributed by atoms with Gasteiger partial charge >= 0.3 is 11.9 Å². The highest BCUT2D eigenvalue weighted by molar-refractivity contribution is 6.18. The first-order valence-electron chi connectivity index (χ1n) is 8.60. The van der Waals surface area contributed by atoms with Crippen LogP contribution in [0.4, 0.5) is 5.88 Å². The second kappa shape index (κ2) is 6.71. The summed E-state index contributed by atoms with van der Waals surface area (Å²) in [5.41, 5.74) is -0.119. The van der Waals surface area contributed by atoms with Crippen molar-refractivity contribution in [2.45, 2.75) is 51.7 Å². The van der Waals surface area contributed by atoms with E-state index in [0.717, 1.165) is 32.4 Å². The fraction of sp³-hybridized carbons (Fsp3) is 0.556. The van der Waals surface area contributed by atoms with Crippen LogP contribution in [0.15, 0.2) is 22.1 Å². The Morgan fingerprint density at radius 1 is 1.04 bits per heavy atom. The van der Waals surface area contributed by atoms with Crippen molar-refractivity contribution in [2.24, 2.45) is 0 Å². The maximum absolute atomic E-state index is 12.3. The largest absolute Gasteiger partial charge is 0.441 e. The normalized spacial score (nSPS) is 19.8. The van der Waals surface area contributed by atoms with Gasteiger partial charge in [0.25, 0.3) is 5.79 Å². The summed E-state index contributed by atoms with van der Waals surface area (Å²) in [7, 11) is 0. The minimum atomic E-state index is -1.06. The summed E-state index contributed by atoms with van der Waals surface area (Å²) in [6.07, 6.45) is 5.40. The summed E-state index contributed by atoms with van der Waals surface area (Å²) in [5.74, 6) is -1.18. The molecule has 0 amide bonds. The summed E-state index contributed by atoms with van der Waals surface area (Å²) in [6.45, 7) is 5.69. The van der Waals surface area contributed by atoms with Gasteiger partial charge < -0.3 is 18.8 Å². The minimum absolute atomic E-state index is 0.119. The van der Waals surface area contributed by atoms with Crippen LogP contribution in [-0.2, 0) is 19.1 Å². The molecule has 1 aliphatic heterocycles. The van der Waals surface area contributed by atoms with Gasteiger partial charge in [-0.25, -0.2) is 9.59 Å². The molecule has 0 bridgehead atoms. The topological polar surface area (TPSA) is 69.0 Å². The molecule has 0 atom stereocenters. The van der Waals surface area contributed by atoms with E-state index < -0.39 is 17.7 Å². The van der Waals surface area contributed by atoms with Gasteiger partial charge in [-0.3, -0.25) is 0 Å². The predicted molar refractivity (Wildman–Crippen MR) is 88.2 cm³/mol. The Morgan fingerprint density at radius 2 is 1.67 bits per heavy atom. The number of ether oxygens (including phenoxy) is 2. The van der Waals surface area contributed by atoms with E-state index in [4.69, 9.17) is 13.9 Å². The van der Waals surface area contributed by atoms with E-state index >= 15 is 0 Å². The second-order valence-electron chi connectivity index (χ2n) is 6.16. The van der Waals surface area contributed by atoms with E-state index in [9.17, 15) is 9.59 Å². The number of hydrogen-bond donors (Lipinski definition) is 0. The summed E-state index contributed by atoms with van der Waals surface area (Å²) in [5, 5.41) is 0. The van der Waals surface area contributed by atoms with Gasteiger partial charge in [-0.15, -0.1) is 0 Å². The maximum Gasteiger partial charge on any atom is 0.349 e. The average molecular weight is 333 g/mol. The molecule has 130 valence electrons. The highest BCUT2D eigenvalue weighted by atomic mass is 16.7. The zero-order valence-electron chi connectivity index (χ0n) is 14.2. The zero-order chi connectivity index (χ0) is 17.2. The lowest BCUT2D eigenvalue weighted by Crippen LogP contribution is -2.47. The number of esters is 2. The van der Waals surface area contributed by atoms with Crippen molar-refractivity contribution < 1.29 is 23.5 Å². The molecule has 0 unspecified atom stereocenters. The van der Waals surface area contributed by atoms with Crippen LogP contribution in [0.3, 0.4) is 0 Å². The number of nitrogens with zero attached hydrogens (tertiary/aromatic N) is 1. The number of anilines is 1. The lowest BCUT2D eigenvalue weighted by Gasteiger charge is -2.38. The molecule has 3 rings (SSSR count). The molecule has 0 N–H and O–H groups in total. The predicted octanol–water partition coefficient (Wildman–Crippen LogP) is 3.27. The number of rotatable bonds is 4. The smallest absolute Gasteiger partial charge is 0.349 e. The summed E-state index contributed by atoms with van der Waals surface area (Å²) < 4.78 is 16.6. The zero-order valence-corrected chi connectivity index (χ0v) is 14.2. The van der Waals surface area contributed by atoms with E-state index in [-0.39, 0.29) is 5.57 Å². The first-order chi connectivity index (χ1) is 11.6. The van der Waals surface area contributed by atoms with Crippen LogP contribution in [0.5, 0.6) is 0 Å². The molecule has 0 aromatic carbocycles. The van der Waals surface area contributed by atoms with Gasteiger partial charge in [0.2, 0.25) is 0 Å². The Bertz CT molecular complexity index is 628. The lowest BCUT2D eigenvalue weighted by atomic mass is 9.93. The molecule has 1 saturated carbocycles. The Kier molecular flexibility index (Phi) is 4.64. The SMILES string of the molecule is CCN(CC)c1ccc(C=C2C(=O)OC3(CCCCC3)OC2=O)o1. The molecule has 1 spiro atoms. The molecule has 6 heteroatoms. The third kappa shape index (κ3) is 3.18. The molecule has 2 aliphatic rings. The van der Waals surface area contributed by atoms with E-state index in [2.05, 4.69) is 0 Å². The minimum Gasteiger partial charge on any atom is -0.441 e. The van der Waals surface area contributed by atoms with Gasteiger partial charge in [0.1, 0.15) is 11.3 Å². The van der Waals surface area contributed by atoms with Gasteiger partial charge in [0, 0.05) is 38.1 Å². The first-order valence-corrected chi connectivity index (χ1v) is 8.60. The third-order valence-electron chi connectivity index (χ3n) is 4.59. The van der Waals surface area contributed by atoms with Crippen LogP contribution in [0.25, 0.3) is 6.08 Å². The fourth-order valence-electron chi connectivity index (χ4n) is 3.23. The quantitative estimate of drug-likeness (QED) is 0.478.